The standard InChI is InChI=1S/C16H17N3O5/c20-8-12(21)15(23)14(22)11-7-17-16(18-11)10-6-13(24-19-10)9-4-2-1-3-5-9/h1-7,12,14-15,20-23H,8H2,(H,17,18)/t12-,14-,15-/m1/s1. The number of aliphatic hydroxyl groups is 4. The van der Waals surface area contributed by atoms with E-state index in [4.69, 9.17) is 9.63 Å². The van der Waals surface area contributed by atoms with Gasteiger partial charge in [0.2, 0.25) is 0 Å². The van der Waals surface area contributed by atoms with E-state index in [1.54, 1.807) is 6.07 Å². The van der Waals surface area contributed by atoms with Crippen LogP contribution in [-0.4, -0.2) is 54.4 Å². The van der Waals surface area contributed by atoms with Gasteiger partial charge in [-0.1, -0.05) is 35.5 Å². The van der Waals surface area contributed by atoms with Gasteiger partial charge in [0.25, 0.3) is 0 Å². The van der Waals surface area contributed by atoms with Crippen molar-refractivity contribution in [1.29, 1.82) is 0 Å². The molecule has 0 unspecified atom stereocenters. The van der Waals surface area contributed by atoms with Crippen LogP contribution < -0.4 is 0 Å². The summed E-state index contributed by atoms with van der Waals surface area (Å²) in [6.45, 7) is -0.664. The molecule has 0 saturated carbocycles. The van der Waals surface area contributed by atoms with Crippen molar-refractivity contribution in [3.63, 3.8) is 0 Å². The molecule has 0 fully saturated rings. The van der Waals surface area contributed by atoms with Crippen molar-refractivity contribution in [3.05, 3.63) is 48.3 Å². The average molecular weight is 331 g/mol. The fraction of sp³-hybridized carbons (Fsp3) is 0.250. The highest BCUT2D eigenvalue weighted by atomic mass is 16.5. The number of aliphatic hydroxyl groups excluding tert-OH is 4. The Balaban J connectivity index is 1.80. The Kier molecular flexibility index (Phi) is 4.72. The van der Waals surface area contributed by atoms with Crippen LogP contribution in [0.1, 0.15) is 11.8 Å². The fourth-order valence-electron chi connectivity index (χ4n) is 2.24. The first-order valence-electron chi connectivity index (χ1n) is 7.32. The molecular formula is C16H17N3O5. The van der Waals surface area contributed by atoms with E-state index >= 15 is 0 Å². The number of nitrogens with one attached hydrogen (secondary N) is 1. The molecule has 0 radical (unpaired) electrons. The maximum atomic E-state index is 10.00. The number of hydrogen-bond acceptors (Lipinski definition) is 7. The molecule has 2 aromatic heterocycles. The van der Waals surface area contributed by atoms with Gasteiger partial charge in [-0.2, -0.15) is 0 Å². The zero-order valence-corrected chi connectivity index (χ0v) is 12.6. The predicted octanol–water partition coefficient (Wildman–Crippen LogP) is 0.479. The highest BCUT2D eigenvalue weighted by molar-refractivity contribution is 5.63. The van der Waals surface area contributed by atoms with Gasteiger partial charge in [0, 0.05) is 11.6 Å². The number of imidazole rings is 1. The summed E-state index contributed by atoms with van der Waals surface area (Å²) in [5, 5.41) is 41.9. The van der Waals surface area contributed by atoms with Crippen LogP contribution in [-0.2, 0) is 0 Å². The molecule has 0 aliphatic carbocycles. The van der Waals surface area contributed by atoms with Crippen LogP contribution in [0.25, 0.3) is 22.8 Å². The third kappa shape index (κ3) is 3.22. The quantitative estimate of drug-likeness (QED) is 0.443. The Morgan fingerprint density at radius 3 is 2.58 bits per heavy atom. The van der Waals surface area contributed by atoms with Gasteiger partial charge in [-0.05, 0) is 0 Å². The van der Waals surface area contributed by atoms with Crippen LogP contribution >= 0.6 is 0 Å². The van der Waals surface area contributed by atoms with Gasteiger partial charge in [0.05, 0.1) is 18.5 Å². The molecule has 3 atom stereocenters. The lowest BCUT2D eigenvalue weighted by Gasteiger charge is -2.20. The average Bonchev–Trinajstić information content (AvgIpc) is 3.29. The van der Waals surface area contributed by atoms with E-state index < -0.39 is 24.9 Å². The molecule has 0 saturated heterocycles. The second-order valence-electron chi connectivity index (χ2n) is 5.31. The summed E-state index contributed by atoms with van der Waals surface area (Å²) >= 11 is 0. The van der Waals surface area contributed by atoms with Crippen LogP contribution in [0, 0.1) is 0 Å². The number of aromatic nitrogens is 3. The van der Waals surface area contributed by atoms with Gasteiger partial charge in [0.15, 0.2) is 11.6 Å². The minimum atomic E-state index is -1.54. The van der Waals surface area contributed by atoms with Crippen molar-refractivity contribution in [2.45, 2.75) is 18.3 Å². The maximum absolute atomic E-state index is 10.00. The largest absolute Gasteiger partial charge is 0.394 e. The molecule has 0 aliphatic rings. The van der Waals surface area contributed by atoms with Crippen molar-refractivity contribution in [2.24, 2.45) is 0 Å². The number of benzene rings is 1. The second kappa shape index (κ2) is 6.93. The minimum absolute atomic E-state index is 0.189. The molecule has 3 aromatic rings. The summed E-state index contributed by atoms with van der Waals surface area (Å²) in [7, 11) is 0. The molecule has 5 N–H and O–H groups in total. The van der Waals surface area contributed by atoms with Gasteiger partial charge >= 0.3 is 0 Å². The first-order chi connectivity index (χ1) is 11.6. The number of H-pyrrole nitrogens is 1. The van der Waals surface area contributed by atoms with Gasteiger partial charge in [0.1, 0.15) is 24.0 Å². The van der Waals surface area contributed by atoms with Crippen molar-refractivity contribution in [3.8, 4) is 22.8 Å². The molecule has 0 spiro atoms. The van der Waals surface area contributed by atoms with Gasteiger partial charge < -0.3 is 29.9 Å². The van der Waals surface area contributed by atoms with Crippen molar-refractivity contribution in [1.82, 2.24) is 15.1 Å². The Bertz CT molecular complexity index is 786. The molecule has 8 heteroatoms. The molecule has 0 amide bonds. The normalized spacial score (nSPS) is 15.2. The monoisotopic (exact) mass is 331 g/mol. The Morgan fingerprint density at radius 1 is 1.12 bits per heavy atom. The smallest absolute Gasteiger partial charge is 0.167 e. The van der Waals surface area contributed by atoms with Crippen LogP contribution in [0.5, 0.6) is 0 Å². The molecule has 24 heavy (non-hydrogen) atoms. The topological polar surface area (TPSA) is 136 Å². The van der Waals surface area contributed by atoms with Gasteiger partial charge in [-0.3, -0.25) is 0 Å². The van der Waals surface area contributed by atoms with Crippen LogP contribution in [0.4, 0.5) is 0 Å². The fourth-order valence-corrected chi connectivity index (χ4v) is 2.24. The molecule has 1 aromatic carbocycles. The molecule has 2 heterocycles. The third-order valence-electron chi connectivity index (χ3n) is 3.63. The number of hydrogen-bond donors (Lipinski definition) is 5. The van der Waals surface area contributed by atoms with Crippen LogP contribution in [0.2, 0.25) is 0 Å². The van der Waals surface area contributed by atoms with E-state index in [1.807, 2.05) is 30.3 Å². The summed E-state index contributed by atoms with van der Waals surface area (Å²) < 4.78 is 5.28. The lowest BCUT2D eigenvalue weighted by Crippen LogP contribution is -2.34. The van der Waals surface area contributed by atoms with Gasteiger partial charge in [-0.15, -0.1) is 0 Å². The first-order valence-corrected chi connectivity index (χ1v) is 7.32. The first kappa shape index (κ1) is 16.3. The molecule has 8 nitrogen and oxygen atoms in total. The highest BCUT2D eigenvalue weighted by Crippen LogP contribution is 2.26. The van der Waals surface area contributed by atoms with E-state index in [0.29, 0.717) is 17.3 Å². The summed E-state index contributed by atoms with van der Waals surface area (Å²) in [5.41, 5.74) is 1.49. The SMILES string of the molecule is OC[C@@H](O)[C@@H](O)[C@H](O)c1cnc(-c2cc(-c3ccccc3)on2)[nH]1. The Morgan fingerprint density at radius 2 is 1.88 bits per heavy atom. The number of nitrogens with zero attached hydrogens (tertiary/aromatic N) is 2. The zero-order chi connectivity index (χ0) is 17.1. The van der Waals surface area contributed by atoms with E-state index in [-0.39, 0.29) is 5.69 Å². The second-order valence-corrected chi connectivity index (χ2v) is 5.31. The van der Waals surface area contributed by atoms with Crippen molar-refractivity contribution in [2.75, 3.05) is 6.61 Å². The summed E-state index contributed by atoms with van der Waals surface area (Å²) in [6, 6.07) is 11.1. The minimum Gasteiger partial charge on any atom is -0.394 e. The van der Waals surface area contributed by atoms with E-state index in [0.717, 1.165) is 5.56 Å². The number of aromatic amines is 1. The lowest BCUT2D eigenvalue weighted by molar-refractivity contribution is -0.0788. The van der Waals surface area contributed by atoms with E-state index in [2.05, 4.69) is 15.1 Å². The third-order valence-corrected chi connectivity index (χ3v) is 3.63. The Labute approximate surface area is 137 Å². The molecule has 0 aliphatic heterocycles. The molecule has 3 rings (SSSR count). The highest BCUT2D eigenvalue weighted by Gasteiger charge is 2.27. The van der Waals surface area contributed by atoms with Gasteiger partial charge in [-0.25, -0.2) is 4.98 Å². The molecular weight excluding hydrogens is 314 g/mol. The van der Waals surface area contributed by atoms with Crippen LogP contribution in [0.3, 0.4) is 0 Å². The van der Waals surface area contributed by atoms with E-state index in [1.165, 1.54) is 6.20 Å². The van der Waals surface area contributed by atoms with Crippen LogP contribution in [0.15, 0.2) is 47.1 Å². The zero-order valence-electron chi connectivity index (χ0n) is 12.6. The molecule has 0 bridgehead atoms. The summed E-state index contributed by atoms with van der Waals surface area (Å²) in [4.78, 5) is 6.91. The maximum Gasteiger partial charge on any atom is 0.167 e. The van der Waals surface area contributed by atoms with Crippen molar-refractivity contribution >= 4 is 0 Å². The summed E-state index contributed by atoms with van der Waals surface area (Å²) in [6.07, 6.45) is -3.10. The Hall–Kier alpha value is -2.52. The summed E-state index contributed by atoms with van der Waals surface area (Å²) in [5.74, 6) is 0.917. The predicted molar refractivity (Wildman–Crippen MR) is 83.6 cm³/mol. The molecule has 126 valence electrons. The van der Waals surface area contributed by atoms with Crippen molar-refractivity contribution < 1.29 is 24.9 Å². The lowest BCUT2D eigenvalue weighted by atomic mass is 10.1. The number of rotatable bonds is 6. The van der Waals surface area contributed by atoms with E-state index in [9.17, 15) is 15.3 Å².